The van der Waals surface area contributed by atoms with E-state index in [1.54, 1.807) is 12.0 Å². The molecule has 2 aliphatic heterocycles. The Morgan fingerprint density at radius 2 is 1.42 bits per heavy atom. The van der Waals surface area contributed by atoms with Crippen molar-refractivity contribution >= 4 is 29.5 Å². The number of piperazine rings is 1. The first-order valence-corrected chi connectivity index (χ1v) is 12.2. The maximum absolute atomic E-state index is 13.7. The molecule has 0 aromatic heterocycles. The van der Waals surface area contributed by atoms with Gasteiger partial charge in [-0.2, -0.15) is 0 Å². The van der Waals surface area contributed by atoms with Crippen molar-refractivity contribution in [1.29, 1.82) is 0 Å². The van der Waals surface area contributed by atoms with Gasteiger partial charge in [0.1, 0.15) is 11.9 Å². The molecule has 0 radical (unpaired) electrons. The molecular weight excluding hydrogens is 504 g/mol. The van der Waals surface area contributed by atoms with E-state index in [2.05, 4.69) is 4.90 Å². The fraction of sp³-hybridized carbons (Fsp3) is 0.600. The number of rotatable bonds is 8. The number of esters is 3. The van der Waals surface area contributed by atoms with E-state index in [4.69, 9.17) is 28.4 Å². The standard InChI is InChI=1S/C25H34N2O11/c1-14(28)34-20-21(35-15(2)29)23(36-16(3)30)25(37-17(4)31)38-22(20)24(32)27-12-10-26(11-13-27)18-6-8-19(33-5)9-7-18/h6-9,14,20-23,25,28H,10-13H2,1-5H3/t14?,20-,21-,22-,23+,25+/m0/s1. The summed E-state index contributed by atoms with van der Waals surface area (Å²) in [7, 11) is 1.59. The van der Waals surface area contributed by atoms with Gasteiger partial charge in [0.15, 0.2) is 18.5 Å². The number of anilines is 1. The summed E-state index contributed by atoms with van der Waals surface area (Å²) in [6.45, 7) is 6.34. The van der Waals surface area contributed by atoms with Gasteiger partial charge in [-0.25, -0.2) is 0 Å². The fourth-order valence-electron chi connectivity index (χ4n) is 4.44. The third-order valence-electron chi connectivity index (χ3n) is 6.01. The van der Waals surface area contributed by atoms with Gasteiger partial charge >= 0.3 is 17.9 Å². The Balaban J connectivity index is 1.84. The number of aliphatic hydroxyl groups is 1. The van der Waals surface area contributed by atoms with Gasteiger partial charge < -0.3 is 43.3 Å². The van der Waals surface area contributed by atoms with Crippen LogP contribution in [0.5, 0.6) is 5.75 Å². The van der Waals surface area contributed by atoms with Gasteiger partial charge in [0, 0.05) is 52.6 Å². The Bertz CT molecular complexity index is 992. The highest BCUT2D eigenvalue weighted by Crippen LogP contribution is 2.31. The SMILES string of the molecule is COc1ccc(N2CCN(C(=O)[C@H]3O[C@@H](OC(C)=O)[C@H](OC(C)=O)[C@@H](OC(C)=O)[C@@H]3OC(C)O)CC2)cc1. The van der Waals surface area contributed by atoms with Crippen molar-refractivity contribution in [3.63, 3.8) is 0 Å². The second-order valence-corrected chi connectivity index (χ2v) is 8.89. The molecule has 1 N–H and O–H groups in total. The minimum atomic E-state index is -1.57. The van der Waals surface area contributed by atoms with Crippen molar-refractivity contribution in [2.24, 2.45) is 0 Å². The van der Waals surface area contributed by atoms with Gasteiger partial charge in [-0.05, 0) is 31.2 Å². The van der Waals surface area contributed by atoms with E-state index < -0.39 is 60.8 Å². The third-order valence-corrected chi connectivity index (χ3v) is 6.01. The van der Waals surface area contributed by atoms with Crippen LogP contribution >= 0.6 is 0 Å². The molecule has 210 valence electrons. The number of methoxy groups -OCH3 is 1. The molecule has 0 saturated carbocycles. The summed E-state index contributed by atoms with van der Waals surface area (Å²) >= 11 is 0. The van der Waals surface area contributed by atoms with E-state index in [0.717, 1.165) is 32.2 Å². The summed E-state index contributed by atoms with van der Waals surface area (Å²) in [5.74, 6) is -2.11. The van der Waals surface area contributed by atoms with Crippen LogP contribution in [-0.4, -0.2) is 104 Å². The Hall–Kier alpha value is -3.42. The summed E-state index contributed by atoms with van der Waals surface area (Å²) in [4.78, 5) is 52.9. The van der Waals surface area contributed by atoms with E-state index in [1.165, 1.54) is 6.92 Å². The fourth-order valence-corrected chi connectivity index (χ4v) is 4.44. The number of amides is 1. The maximum Gasteiger partial charge on any atom is 0.305 e. The van der Waals surface area contributed by atoms with Crippen molar-refractivity contribution in [3.8, 4) is 5.75 Å². The monoisotopic (exact) mass is 538 g/mol. The maximum atomic E-state index is 13.7. The van der Waals surface area contributed by atoms with E-state index in [9.17, 15) is 24.3 Å². The quantitative estimate of drug-likeness (QED) is 0.274. The molecule has 2 aliphatic rings. The molecular formula is C25H34N2O11. The number of aliphatic hydroxyl groups excluding tert-OH is 1. The Labute approximate surface area is 220 Å². The third kappa shape index (κ3) is 7.33. The first-order chi connectivity index (χ1) is 18.0. The summed E-state index contributed by atoms with van der Waals surface area (Å²) < 4.78 is 32.4. The van der Waals surface area contributed by atoms with Crippen LogP contribution in [0.25, 0.3) is 0 Å². The predicted octanol–water partition coefficient (Wildman–Crippen LogP) is 0.219. The highest BCUT2D eigenvalue weighted by atomic mass is 16.7. The van der Waals surface area contributed by atoms with Crippen LogP contribution in [0.3, 0.4) is 0 Å². The lowest BCUT2D eigenvalue weighted by Gasteiger charge is -2.45. The minimum absolute atomic E-state index is 0.329. The molecule has 1 aromatic rings. The Morgan fingerprint density at radius 1 is 0.868 bits per heavy atom. The number of ether oxygens (including phenoxy) is 6. The van der Waals surface area contributed by atoms with Gasteiger partial charge in [-0.3, -0.25) is 19.2 Å². The van der Waals surface area contributed by atoms with E-state index in [1.807, 2.05) is 24.3 Å². The van der Waals surface area contributed by atoms with Gasteiger partial charge in [0.2, 0.25) is 12.4 Å². The smallest absolute Gasteiger partial charge is 0.305 e. The van der Waals surface area contributed by atoms with Crippen molar-refractivity contribution in [1.82, 2.24) is 4.90 Å². The summed E-state index contributed by atoms with van der Waals surface area (Å²) in [6.07, 6.45) is -8.64. The zero-order valence-corrected chi connectivity index (χ0v) is 22.0. The summed E-state index contributed by atoms with van der Waals surface area (Å²) in [5, 5.41) is 9.99. The van der Waals surface area contributed by atoms with Gasteiger partial charge in [0.05, 0.1) is 7.11 Å². The van der Waals surface area contributed by atoms with Crippen molar-refractivity contribution in [2.75, 3.05) is 38.2 Å². The van der Waals surface area contributed by atoms with Gasteiger partial charge in [-0.15, -0.1) is 0 Å². The number of benzene rings is 1. The average molecular weight is 539 g/mol. The lowest BCUT2D eigenvalue weighted by molar-refractivity contribution is -0.309. The number of carbonyl (C=O) groups is 4. The molecule has 2 fully saturated rings. The van der Waals surface area contributed by atoms with Gasteiger partial charge in [-0.1, -0.05) is 0 Å². The van der Waals surface area contributed by atoms with Crippen LogP contribution in [0.2, 0.25) is 0 Å². The Kier molecular flexibility index (Phi) is 9.89. The first-order valence-electron chi connectivity index (χ1n) is 12.2. The molecule has 38 heavy (non-hydrogen) atoms. The number of hydrogen-bond acceptors (Lipinski definition) is 12. The van der Waals surface area contributed by atoms with E-state index in [-0.39, 0.29) is 0 Å². The molecule has 6 atom stereocenters. The zero-order valence-electron chi connectivity index (χ0n) is 22.0. The lowest BCUT2D eigenvalue weighted by Crippen LogP contribution is -2.66. The highest BCUT2D eigenvalue weighted by Gasteiger charge is 2.55. The minimum Gasteiger partial charge on any atom is -0.497 e. The van der Waals surface area contributed by atoms with Crippen LogP contribution in [0.4, 0.5) is 5.69 Å². The predicted molar refractivity (Wildman–Crippen MR) is 130 cm³/mol. The van der Waals surface area contributed by atoms with Crippen LogP contribution in [0, 0.1) is 0 Å². The summed E-state index contributed by atoms with van der Waals surface area (Å²) in [5.41, 5.74) is 0.969. The van der Waals surface area contributed by atoms with E-state index in [0.29, 0.717) is 26.2 Å². The number of nitrogens with zero attached hydrogens (tertiary/aromatic N) is 2. The largest absolute Gasteiger partial charge is 0.497 e. The van der Waals surface area contributed by atoms with Crippen LogP contribution in [0.1, 0.15) is 27.7 Å². The van der Waals surface area contributed by atoms with E-state index >= 15 is 0 Å². The number of hydrogen-bond donors (Lipinski definition) is 1. The average Bonchev–Trinajstić information content (AvgIpc) is 2.86. The van der Waals surface area contributed by atoms with Crippen molar-refractivity contribution < 1.29 is 52.7 Å². The van der Waals surface area contributed by atoms with Crippen LogP contribution < -0.4 is 9.64 Å². The second kappa shape index (κ2) is 12.9. The molecule has 13 nitrogen and oxygen atoms in total. The molecule has 2 saturated heterocycles. The zero-order chi connectivity index (χ0) is 28.0. The molecule has 1 aromatic carbocycles. The normalized spacial score (nSPS) is 26.2. The van der Waals surface area contributed by atoms with Gasteiger partial charge in [0.25, 0.3) is 5.91 Å². The lowest BCUT2D eigenvalue weighted by atomic mass is 9.96. The van der Waals surface area contributed by atoms with Crippen LogP contribution in [-0.2, 0) is 42.9 Å². The molecule has 0 aliphatic carbocycles. The Morgan fingerprint density at radius 3 is 1.92 bits per heavy atom. The van der Waals surface area contributed by atoms with Crippen molar-refractivity contribution in [3.05, 3.63) is 24.3 Å². The molecule has 1 unspecified atom stereocenters. The molecule has 1 amide bonds. The highest BCUT2D eigenvalue weighted by molar-refractivity contribution is 5.82. The van der Waals surface area contributed by atoms with Crippen LogP contribution in [0.15, 0.2) is 24.3 Å². The summed E-state index contributed by atoms with van der Waals surface area (Å²) in [6, 6.07) is 7.56. The molecule has 13 heteroatoms. The molecule has 3 rings (SSSR count). The second-order valence-electron chi connectivity index (χ2n) is 8.89. The van der Waals surface area contributed by atoms with Crippen molar-refractivity contribution in [2.45, 2.75) is 64.7 Å². The molecule has 2 heterocycles. The molecule has 0 spiro atoms. The number of carbonyl (C=O) groups excluding carboxylic acids is 4. The first kappa shape index (κ1) is 29.1. The molecule has 0 bridgehead atoms. The topological polar surface area (TPSA) is 150 Å².